The summed E-state index contributed by atoms with van der Waals surface area (Å²) >= 11 is 11.4. The number of rotatable bonds is 4. The van der Waals surface area contributed by atoms with Crippen LogP contribution in [0.5, 0.6) is 0 Å². The summed E-state index contributed by atoms with van der Waals surface area (Å²) in [6.45, 7) is 0. The van der Waals surface area contributed by atoms with Crippen LogP contribution in [-0.4, -0.2) is 19.5 Å². The third-order valence-corrected chi connectivity index (χ3v) is 4.54. The monoisotopic (exact) mass is 345 g/mol. The molecule has 5 nitrogen and oxygen atoms in total. The third-order valence-electron chi connectivity index (χ3n) is 2.57. The predicted octanol–water partition coefficient (Wildman–Crippen LogP) is 3.49. The summed E-state index contributed by atoms with van der Waals surface area (Å²) in [4.78, 5) is 10.8. The molecule has 0 atom stereocenters. The lowest BCUT2D eigenvalue weighted by Crippen LogP contribution is -2.13. The van der Waals surface area contributed by atoms with Crippen LogP contribution in [-0.2, 0) is 10.0 Å². The Balaban J connectivity index is 2.38. The largest absolute Gasteiger partial charge is 0.478 e. The van der Waals surface area contributed by atoms with Gasteiger partial charge in [0.2, 0.25) is 0 Å². The van der Waals surface area contributed by atoms with Gasteiger partial charge in [0.15, 0.2) is 0 Å². The molecule has 0 heterocycles. The Morgan fingerprint density at radius 2 is 1.67 bits per heavy atom. The second kappa shape index (κ2) is 5.93. The minimum Gasteiger partial charge on any atom is -0.478 e. The molecule has 0 spiro atoms. The number of sulfonamides is 1. The van der Waals surface area contributed by atoms with Crippen molar-refractivity contribution in [1.29, 1.82) is 0 Å². The fourth-order valence-electron chi connectivity index (χ4n) is 1.57. The van der Waals surface area contributed by atoms with Gasteiger partial charge in [-0.25, -0.2) is 13.2 Å². The zero-order valence-electron chi connectivity index (χ0n) is 10.4. The van der Waals surface area contributed by atoms with Crippen molar-refractivity contribution in [3.8, 4) is 0 Å². The molecule has 21 heavy (non-hydrogen) atoms. The Hall–Kier alpha value is -1.76. The fraction of sp³-hybridized carbons (Fsp3) is 0. The minimum absolute atomic E-state index is 0.0343. The van der Waals surface area contributed by atoms with Crippen molar-refractivity contribution in [2.45, 2.75) is 4.90 Å². The predicted molar refractivity (Wildman–Crippen MR) is 80.7 cm³/mol. The number of carbonyl (C=O) groups is 1. The molecule has 0 fully saturated rings. The standard InChI is InChI=1S/C13H9Cl2NO4S/c14-8-1-3-9(4-2-8)16-21(19,20)10-5-6-12(15)11(7-10)13(17)18/h1-7,16H,(H,17,18). The normalized spacial score (nSPS) is 11.1. The smallest absolute Gasteiger partial charge is 0.337 e. The average Bonchev–Trinajstić information content (AvgIpc) is 2.41. The maximum atomic E-state index is 12.2. The van der Waals surface area contributed by atoms with Crippen LogP contribution >= 0.6 is 23.2 Å². The van der Waals surface area contributed by atoms with Crippen molar-refractivity contribution >= 4 is 44.9 Å². The van der Waals surface area contributed by atoms with Gasteiger partial charge in [0.05, 0.1) is 15.5 Å². The Labute approximate surface area is 131 Å². The first kappa shape index (κ1) is 15.6. The number of aromatic carboxylic acids is 1. The van der Waals surface area contributed by atoms with E-state index in [2.05, 4.69) is 4.72 Å². The SMILES string of the molecule is O=C(O)c1cc(S(=O)(=O)Nc2ccc(Cl)cc2)ccc1Cl. The number of carboxylic acids is 1. The first-order valence-electron chi connectivity index (χ1n) is 5.61. The maximum absolute atomic E-state index is 12.2. The van der Waals surface area contributed by atoms with Gasteiger partial charge in [-0.15, -0.1) is 0 Å². The Morgan fingerprint density at radius 1 is 1.05 bits per heavy atom. The van der Waals surface area contributed by atoms with Crippen LogP contribution < -0.4 is 4.72 Å². The van der Waals surface area contributed by atoms with Crippen LogP contribution in [0.15, 0.2) is 47.4 Å². The summed E-state index contributed by atoms with van der Waals surface area (Å²) in [5.74, 6) is -1.30. The first-order chi connectivity index (χ1) is 9.79. The summed E-state index contributed by atoms with van der Waals surface area (Å²) in [5.41, 5.74) is 0.0295. The minimum atomic E-state index is -3.91. The second-order valence-electron chi connectivity index (χ2n) is 4.06. The van der Waals surface area contributed by atoms with Crippen molar-refractivity contribution in [1.82, 2.24) is 0 Å². The lowest BCUT2D eigenvalue weighted by Gasteiger charge is -2.09. The summed E-state index contributed by atoms with van der Waals surface area (Å²) < 4.78 is 26.7. The summed E-state index contributed by atoms with van der Waals surface area (Å²) in [5, 5.41) is 9.40. The van der Waals surface area contributed by atoms with Crippen molar-refractivity contribution < 1.29 is 18.3 Å². The number of halogens is 2. The van der Waals surface area contributed by atoms with Gasteiger partial charge in [0.25, 0.3) is 10.0 Å². The van der Waals surface area contributed by atoms with E-state index in [-0.39, 0.29) is 15.5 Å². The van der Waals surface area contributed by atoms with Crippen LogP contribution in [0.2, 0.25) is 10.0 Å². The van der Waals surface area contributed by atoms with Gasteiger partial charge in [0.1, 0.15) is 0 Å². The van der Waals surface area contributed by atoms with E-state index in [0.29, 0.717) is 10.7 Å². The van der Waals surface area contributed by atoms with Crippen LogP contribution in [0.1, 0.15) is 10.4 Å². The molecule has 0 aromatic heterocycles. The van der Waals surface area contributed by atoms with Gasteiger partial charge in [0, 0.05) is 10.7 Å². The average molecular weight is 346 g/mol. The summed E-state index contributed by atoms with van der Waals surface area (Å²) in [7, 11) is -3.91. The zero-order valence-corrected chi connectivity index (χ0v) is 12.7. The van der Waals surface area contributed by atoms with Gasteiger partial charge in [-0.2, -0.15) is 0 Å². The summed E-state index contributed by atoms with van der Waals surface area (Å²) in [6, 6.07) is 9.51. The number of anilines is 1. The molecule has 0 aliphatic rings. The van der Waals surface area contributed by atoms with E-state index in [9.17, 15) is 13.2 Å². The molecule has 0 radical (unpaired) electrons. The molecule has 0 unspecified atom stereocenters. The lowest BCUT2D eigenvalue weighted by molar-refractivity contribution is 0.0697. The van der Waals surface area contributed by atoms with E-state index in [1.165, 1.54) is 36.4 Å². The van der Waals surface area contributed by atoms with E-state index in [0.717, 1.165) is 6.07 Å². The van der Waals surface area contributed by atoms with E-state index in [4.69, 9.17) is 28.3 Å². The Kier molecular flexibility index (Phi) is 4.41. The highest BCUT2D eigenvalue weighted by Gasteiger charge is 2.18. The van der Waals surface area contributed by atoms with Crippen molar-refractivity contribution in [3.05, 3.63) is 58.1 Å². The molecule has 2 aromatic rings. The highest BCUT2D eigenvalue weighted by Crippen LogP contribution is 2.23. The van der Waals surface area contributed by atoms with Gasteiger partial charge in [-0.1, -0.05) is 23.2 Å². The molecule has 0 aliphatic heterocycles. The third kappa shape index (κ3) is 3.66. The van der Waals surface area contributed by atoms with Gasteiger partial charge < -0.3 is 5.11 Å². The lowest BCUT2D eigenvalue weighted by atomic mass is 10.2. The van der Waals surface area contributed by atoms with Crippen molar-refractivity contribution in [2.24, 2.45) is 0 Å². The molecule has 0 saturated carbocycles. The highest BCUT2D eigenvalue weighted by molar-refractivity contribution is 7.92. The molecule has 8 heteroatoms. The maximum Gasteiger partial charge on any atom is 0.337 e. The van der Waals surface area contributed by atoms with E-state index >= 15 is 0 Å². The molecule has 2 aromatic carbocycles. The molecule has 2 rings (SSSR count). The number of hydrogen-bond acceptors (Lipinski definition) is 3. The Bertz CT molecular complexity index is 788. The van der Waals surface area contributed by atoms with E-state index in [1.54, 1.807) is 0 Å². The zero-order chi connectivity index (χ0) is 15.6. The van der Waals surface area contributed by atoms with Crippen LogP contribution in [0.4, 0.5) is 5.69 Å². The van der Waals surface area contributed by atoms with Crippen LogP contribution in [0, 0.1) is 0 Å². The molecule has 0 bridgehead atoms. The molecule has 2 N–H and O–H groups in total. The number of benzene rings is 2. The fourth-order valence-corrected chi connectivity index (χ4v) is 2.98. The van der Waals surface area contributed by atoms with Crippen LogP contribution in [0.3, 0.4) is 0 Å². The van der Waals surface area contributed by atoms with Crippen molar-refractivity contribution in [2.75, 3.05) is 4.72 Å². The van der Waals surface area contributed by atoms with E-state index in [1.807, 2.05) is 0 Å². The van der Waals surface area contributed by atoms with E-state index < -0.39 is 16.0 Å². The molecule has 110 valence electrons. The number of nitrogens with one attached hydrogen (secondary N) is 1. The number of hydrogen-bond donors (Lipinski definition) is 2. The van der Waals surface area contributed by atoms with Crippen molar-refractivity contribution in [3.63, 3.8) is 0 Å². The van der Waals surface area contributed by atoms with Gasteiger partial charge in [-0.05, 0) is 42.5 Å². The van der Waals surface area contributed by atoms with Crippen LogP contribution in [0.25, 0.3) is 0 Å². The van der Waals surface area contributed by atoms with Gasteiger partial charge >= 0.3 is 5.97 Å². The molecule has 0 aliphatic carbocycles. The van der Waals surface area contributed by atoms with Gasteiger partial charge in [-0.3, -0.25) is 4.72 Å². The topological polar surface area (TPSA) is 83.5 Å². The Morgan fingerprint density at radius 3 is 2.24 bits per heavy atom. The number of carboxylic acid groups (broad SMARTS) is 1. The molecular weight excluding hydrogens is 337 g/mol. The highest BCUT2D eigenvalue weighted by atomic mass is 35.5. The molecular formula is C13H9Cl2NO4S. The first-order valence-corrected chi connectivity index (χ1v) is 7.85. The molecule has 0 saturated heterocycles. The second-order valence-corrected chi connectivity index (χ2v) is 6.59. The quantitative estimate of drug-likeness (QED) is 0.888. The molecule has 0 amide bonds. The summed E-state index contributed by atoms with van der Waals surface area (Å²) in [6.07, 6.45) is 0.